The Labute approximate surface area is 205 Å². The van der Waals surface area contributed by atoms with Gasteiger partial charge in [-0.05, 0) is 66.5 Å². The van der Waals surface area contributed by atoms with E-state index in [1.807, 2.05) is 6.08 Å². The van der Waals surface area contributed by atoms with Crippen LogP contribution in [0.4, 0.5) is 0 Å². The van der Waals surface area contributed by atoms with Gasteiger partial charge in [0.05, 0.1) is 11.5 Å². The maximum atomic E-state index is 12.6. The summed E-state index contributed by atoms with van der Waals surface area (Å²) in [7, 11) is -2.56. The van der Waals surface area contributed by atoms with Gasteiger partial charge < -0.3 is 9.47 Å². The van der Waals surface area contributed by atoms with Gasteiger partial charge >= 0.3 is 0 Å². The van der Waals surface area contributed by atoms with Crippen molar-refractivity contribution >= 4 is 21.9 Å². The first-order chi connectivity index (χ1) is 15.1. The lowest BCUT2D eigenvalue weighted by Crippen LogP contribution is -2.56. The van der Waals surface area contributed by atoms with E-state index in [1.54, 1.807) is 0 Å². The van der Waals surface area contributed by atoms with Crippen molar-refractivity contribution < 1.29 is 14.3 Å². The average molecular weight is 489 g/mol. The molecule has 0 aliphatic heterocycles. The fourth-order valence-electron chi connectivity index (χ4n) is 6.61. The molecule has 33 heavy (non-hydrogen) atoms. The van der Waals surface area contributed by atoms with Crippen LogP contribution in [0.5, 0.6) is 0 Å². The molecule has 0 spiro atoms. The molecule has 0 saturated heterocycles. The lowest BCUT2D eigenvalue weighted by molar-refractivity contribution is -0.175. The number of carbonyl (C=O) groups is 1. The van der Waals surface area contributed by atoms with E-state index in [9.17, 15) is 4.79 Å². The van der Waals surface area contributed by atoms with E-state index in [-0.39, 0.29) is 22.3 Å². The van der Waals surface area contributed by atoms with Crippen molar-refractivity contribution in [1.29, 1.82) is 0 Å². The number of ketones is 1. The third kappa shape index (κ3) is 5.94. The largest absolute Gasteiger partial charge is 0.356 e. The Morgan fingerprint density at radius 2 is 1.73 bits per heavy atom. The second-order valence-corrected chi connectivity index (χ2v) is 24.3. The second kappa shape index (κ2) is 9.41. The Kier molecular flexibility index (Phi) is 7.68. The normalized spacial score (nSPS) is 34.0. The highest BCUT2D eigenvalue weighted by molar-refractivity contribution is 6.83. The van der Waals surface area contributed by atoms with E-state index < -0.39 is 16.1 Å². The van der Waals surface area contributed by atoms with Gasteiger partial charge in [0.15, 0.2) is 5.78 Å². The highest BCUT2D eigenvalue weighted by Gasteiger charge is 2.60. The third-order valence-electron chi connectivity index (χ3n) is 8.54. The molecule has 5 heteroatoms. The van der Waals surface area contributed by atoms with Crippen LogP contribution in [0.1, 0.15) is 59.3 Å². The molecule has 0 bridgehead atoms. The van der Waals surface area contributed by atoms with E-state index in [4.69, 9.17) is 9.47 Å². The summed E-state index contributed by atoms with van der Waals surface area (Å²) < 4.78 is 12.3. The molecule has 2 saturated carbocycles. The summed E-state index contributed by atoms with van der Waals surface area (Å²) >= 11 is 0. The molecule has 4 atom stereocenters. The molecular weight excluding hydrogens is 440 g/mol. The minimum Gasteiger partial charge on any atom is -0.356 e. The van der Waals surface area contributed by atoms with Crippen LogP contribution in [-0.2, 0) is 14.3 Å². The highest BCUT2D eigenvalue weighted by atomic mass is 28.3. The Balaban J connectivity index is 1.79. The maximum Gasteiger partial charge on any atom is 0.155 e. The Bertz CT molecular complexity index is 836. The quantitative estimate of drug-likeness (QED) is 0.173. The van der Waals surface area contributed by atoms with E-state index >= 15 is 0 Å². The van der Waals surface area contributed by atoms with Crippen LogP contribution in [0.3, 0.4) is 0 Å². The summed E-state index contributed by atoms with van der Waals surface area (Å²) in [5, 5.41) is 0. The Morgan fingerprint density at radius 1 is 1.03 bits per heavy atom. The molecule has 0 aromatic rings. The fourth-order valence-corrected chi connectivity index (χ4v) is 7.98. The van der Waals surface area contributed by atoms with Gasteiger partial charge in [-0.25, -0.2) is 0 Å². The van der Waals surface area contributed by atoms with Gasteiger partial charge in [0.2, 0.25) is 0 Å². The van der Waals surface area contributed by atoms with Crippen LogP contribution in [-0.4, -0.2) is 41.4 Å². The molecule has 3 nitrogen and oxygen atoms in total. The molecule has 186 valence electrons. The van der Waals surface area contributed by atoms with Crippen molar-refractivity contribution in [1.82, 2.24) is 0 Å². The van der Waals surface area contributed by atoms with Gasteiger partial charge in [0.25, 0.3) is 0 Å². The maximum absolute atomic E-state index is 12.6. The predicted molar refractivity (Wildman–Crippen MR) is 144 cm³/mol. The van der Waals surface area contributed by atoms with E-state index in [0.717, 1.165) is 38.7 Å². The number of rotatable bonds is 6. The predicted octanol–water partition coefficient (Wildman–Crippen LogP) is 7.08. The molecule has 3 rings (SSSR count). The number of hydrogen-bond acceptors (Lipinski definition) is 3. The average Bonchev–Trinajstić information content (AvgIpc) is 2.67. The molecule has 0 radical (unpaired) electrons. The number of hydrogen-bond donors (Lipinski definition) is 0. The Morgan fingerprint density at radius 3 is 2.36 bits per heavy atom. The molecular formula is C28H48O3Si2. The molecule has 0 N–H and O–H groups in total. The van der Waals surface area contributed by atoms with Crippen LogP contribution in [0.15, 0.2) is 11.6 Å². The minimum absolute atomic E-state index is 0.0184. The summed E-state index contributed by atoms with van der Waals surface area (Å²) in [6.45, 7) is 22.5. The van der Waals surface area contributed by atoms with Crippen molar-refractivity contribution in [2.24, 2.45) is 22.2 Å². The zero-order valence-electron chi connectivity index (χ0n) is 22.8. The lowest BCUT2D eigenvalue weighted by atomic mass is 9.43. The molecule has 0 unspecified atom stereocenters. The van der Waals surface area contributed by atoms with E-state index in [1.165, 1.54) is 11.6 Å². The smallest absolute Gasteiger partial charge is 0.155 e. The molecule has 3 aliphatic rings. The van der Waals surface area contributed by atoms with Crippen LogP contribution < -0.4 is 0 Å². The summed E-state index contributed by atoms with van der Waals surface area (Å²) in [5.41, 5.74) is 5.00. The number of fused-ring (bicyclic) bond motifs is 3. The summed E-state index contributed by atoms with van der Waals surface area (Å²) in [6, 6.07) is 1.17. The zero-order valence-corrected chi connectivity index (χ0v) is 24.8. The van der Waals surface area contributed by atoms with Gasteiger partial charge in [-0.2, -0.15) is 0 Å². The summed E-state index contributed by atoms with van der Waals surface area (Å²) in [5.74, 6) is 4.58. The zero-order chi connectivity index (χ0) is 24.7. The van der Waals surface area contributed by atoms with Crippen LogP contribution >= 0.6 is 0 Å². The molecule has 3 aliphatic carbocycles. The topological polar surface area (TPSA) is 35.5 Å². The standard InChI is InChI=1S/C28H48O3Si2/c1-26(2)23-11-15-28(16-18-32(4,5)6)14-10-22(29)20-24(28)27(23,3)13-12-25(26)31-21-30-17-19-33(7,8)9/h20,23,25H,10-15,17,19,21H2,1-9H3/t23-,25+,27-,28+/m0/s1. The van der Waals surface area contributed by atoms with Crippen molar-refractivity contribution in [3.05, 3.63) is 11.6 Å². The summed E-state index contributed by atoms with van der Waals surface area (Å²) in [6.07, 6.45) is 8.08. The highest BCUT2D eigenvalue weighted by Crippen LogP contribution is 2.66. The van der Waals surface area contributed by atoms with Crippen molar-refractivity contribution in [3.8, 4) is 11.5 Å². The van der Waals surface area contributed by atoms with Crippen molar-refractivity contribution in [2.45, 2.75) is 111 Å². The van der Waals surface area contributed by atoms with Gasteiger partial charge in [-0.1, -0.05) is 66.0 Å². The summed E-state index contributed by atoms with van der Waals surface area (Å²) in [4.78, 5) is 12.6. The van der Waals surface area contributed by atoms with Crippen molar-refractivity contribution in [3.63, 3.8) is 0 Å². The molecule has 0 heterocycles. The lowest BCUT2D eigenvalue weighted by Gasteiger charge is -2.61. The van der Waals surface area contributed by atoms with Gasteiger partial charge in [0, 0.05) is 21.1 Å². The SMILES string of the molecule is CC1(C)[C@H](OCOCC[Si](C)(C)C)CC[C@]2(C)C3=CC(=O)CC[C@]3(C#C[Si](C)(C)C)CC[C@@H]12. The minimum atomic E-state index is -1.49. The van der Waals surface area contributed by atoms with Gasteiger partial charge in [0.1, 0.15) is 14.9 Å². The Hall–Kier alpha value is -0.676. The monoisotopic (exact) mass is 488 g/mol. The van der Waals surface area contributed by atoms with Crippen LogP contribution in [0.25, 0.3) is 0 Å². The van der Waals surface area contributed by atoms with E-state index in [0.29, 0.717) is 24.9 Å². The number of allylic oxidation sites excluding steroid dienone is 2. The third-order valence-corrected chi connectivity index (χ3v) is 11.1. The second-order valence-electron chi connectivity index (χ2n) is 14.0. The van der Waals surface area contributed by atoms with E-state index in [2.05, 4.69) is 71.5 Å². The molecule has 2 fully saturated rings. The molecule has 0 aromatic heterocycles. The first-order valence-corrected chi connectivity index (χ1v) is 20.3. The van der Waals surface area contributed by atoms with Crippen LogP contribution in [0.2, 0.25) is 45.3 Å². The molecule has 0 amide bonds. The number of ether oxygens (including phenoxy) is 2. The van der Waals surface area contributed by atoms with Gasteiger partial charge in [-0.15, -0.1) is 5.54 Å². The first kappa shape index (κ1) is 26.9. The fraction of sp³-hybridized carbons (Fsp3) is 0.821. The van der Waals surface area contributed by atoms with Crippen molar-refractivity contribution in [2.75, 3.05) is 13.4 Å². The first-order valence-electron chi connectivity index (χ1n) is 13.1. The molecule has 0 aromatic carbocycles. The van der Waals surface area contributed by atoms with Crippen LogP contribution in [0, 0.1) is 33.6 Å². The van der Waals surface area contributed by atoms with Gasteiger partial charge in [-0.3, -0.25) is 4.79 Å². The number of carbonyl (C=O) groups excluding carboxylic acids is 1.